The van der Waals surface area contributed by atoms with Crippen LogP contribution in [-0.2, 0) is 25.4 Å². The van der Waals surface area contributed by atoms with Gasteiger partial charge in [-0.1, -0.05) is 29.8 Å². The van der Waals surface area contributed by atoms with Gasteiger partial charge in [0, 0.05) is 27.2 Å². The van der Waals surface area contributed by atoms with Crippen molar-refractivity contribution in [2.75, 3.05) is 31.2 Å². The molecule has 1 fully saturated rings. The first-order valence-corrected chi connectivity index (χ1v) is 9.02. The van der Waals surface area contributed by atoms with Crippen LogP contribution in [0.15, 0.2) is 33.9 Å². The number of benzene rings is 1. The van der Waals surface area contributed by atoms with E-state index in [4.69, 9.17) is 9.72 Å². The Morgan fingerprint density at radius 3 is 2.56 bits per heavy atom. The number of anilines is 1. The molecule has 0 N–H and O–H groups in total. The quantitative estimate of drug-likeness (QED) is 0.677. The zero-order chi connectivity index (χ0) is 19.1. The molecule has 1 aliphatic rings. The average Bonchev–Trinajstić information content (AvgIpc) is 3.05. The van der Waals surface area contributed by atoms with Crippen LogP contribution in [0.4, 0.5) is 5.95 Å². The topological polar surface area (TPSA) is 74.3 Å². The number of rotatable bonds is 3. The molecule has 142 valence electrons. The van der Waals surface area contributed by atoms with Crippen molar-refractivity contribution in [3.63, 3.8) is 0 Å². The molecule has 0 amide bonds. The third-order valence-electron chi connectivity index (χ3n) is 5.04. The highest BCUT2D eigenvalue weighted by Crippen LogP contribution is 2.22. The van der Waals surface area contributed by atoms with E-state index in [0.29, 0.717) is 50.0 Å². The first-order chi connectivity index (χ1) is 13.0. The summed E-state index contributed by atoms with van der Waals surface area (Å²) < 4.78 is 9.96. The number of aryl methyl sites for hydroxylation is 2. The highest BCUT2D eigenvalue weighted by atomic mass is 16.5. The van der Waals surface area contributed by atoms with Crippen molar-refractivity contribution in [2.45, 2.75) is 13.5 Å². The maximum Gasteiger partial charge on any atom is 0.332 e. The predicted molar refractivity (Wildman–Crippen MR) is 104 cm³/mol. The van der Waals surface area contributed by atoms with E-state index in [1.165, 1.54) is 11.6 Å². The third kappa shape index (κ3) is 2.95. The van der Waals surface area contributed by atoms with E-state index in [2.05, 4.69) is 11.0 Å². The number of ether oxygens (including phenoxy) is 1. The molecule has 1 aliphatic heterocycles. The van der Waals surface area contributed by atoms with E-state index in [1.54, 1.807) is 7.05 Å². The Hall–Kier alpha value is -2.87. The number of nitrogens with zero attached hydrogens (tertiary/aromatic N) is 5. The van der Waals surface area contributed by atoms with E-state index in [1.807, 2.05) is 29.7 Å². The summed E-state index contributed by atoms with van der Waals surface area (Å²) >= 11 is 0. The van der Waals surface area contributed by atoms with Crippen LogP contribution in [0.3, 0.4) is 0 Å². The molecule has 8 nitrogen and oxygen atoms in total. The molecule has 0 bridgehead atoms. The van der Waals surface area contributed by atoms with Gasteiger partial charge < -0.3 is 9.64 Å². The molecule has 27 heavy (non-hydrogen) atoms. The highest BCUT2D eigenvalue weighted by molar-refractivity contribution is 5.74. The van der Waals surface area contributed by atoms with Crippen LogP contribution >= 0.6 is 0 Å². The first-order valence-electron chi connectivity index (χ1n) is 9.02. The van der Waals surface area contributed by atoms with Crippen LogP contribution < -0.4 is 16.1 Å². The molecule has 0 saturated carbocycles. The third-order valence-corrected chi connectivity index (χ3v) is 5.04. The molecule has 3 heterocycles. The van der Waals surface area contributed by atoms with E-state index < -0.39 is 0 Å². The van der Waals surface area contributed by atoms with Gasteiger partial charge in [0.15, 0.2) is 11.2 Å². The Morgan fingerprint density at radius 2 is 1.85 bits per heavy atom. The lowest BCUT2D eigenvalue weighted by Crippen LogP contribution is -2.38. The van der Waals surface area contributed by atoms with E-state index in [9.17, 15) is 9.59 Å². The molecule has 4 rings (SSSR count). The second-order valence-corrected chi connectivity index (χ2v) is 6.96. The number of imidazole rings is 1. The highest BCUT2D eigenvalue weighted by Gasteiger charge is 2.24. The van der Waals surface area contributed by atoms with Crippen molar-refractivity contribution in [3.8, 4) is 0 Å². The Labute approximate surface area is 156 Å². The van der Waals surface area contributed by atoms with Crippen molar-refractivity contribution in [1.29, 1.82) is 0 Å². The largest absolute Gasteiger partial charge is 0.378 e. The minimum absolute atomic E-state index is 0.326. The molecular weight excluding hydrogens is 346 g/mol. The van der Waals surface area contributed by atoms with Gasteiger partial charge in [0.05, 0.1) is 19.8 Å². The monoisotopic (exact) mass is 369 g/mol. The van der Waals surface area contributed by atoms with E-state index in [0.717, 1.165) is 15.7 Å². The summed E-state index contributed by atoms with van der Waals surface area (Å²) in [4.78, 5) is 32.1. The van der Waals surface area contributed by atoms with Gasteiger partial charge >= 0.3 is 5.69 Å². The fourth-order valence-corrected chi connectivity index (χ4v) is 3.58. The maximum absolute atomic E-state index is 12.9. The van der Waals surface area contributed by atoms with Crippen molar-refractivity contribution >= 4 is 17.1 Å². The van der Waals surface area contributed by atoms with E-state index >= 15 is 0 Å². The molecule has 0 unspecified atom stereocenters. The van der Waals surface area contributed by atoms with Crippen LogP contribution in [0.2, 0.25) is 0 Å². The van der Waals surface area contributed by atoms with Crippen LogP contribution in [0.1, 0.15) is 11.1 Å². The molecule has 1 saturated heterocycles. The Morgan fingerprint density at radius 1 is 1.11 bits per heavy atom. The summed E-state index contributed by atoms with van der Waals surface area (Å²) in [5, 5.41) is 0. The molecule has 1 aromatic carbocycles. The summed E-state index contributed by atoms with van der Waals surface area (Å²) in [5.74, 6) is 0.702. The first kappa shape index (κ1) is 17.5. The molecule has 3 aromatic rings. The molecule has 0 spiro atoms. The summed E-state index contributed by atoms with van der Waals surface area (Å²) in [6.45, 7) is 5.19. The number of aromatic nitrogens is 4. The summed E-state index contributed by atoms with van der Waals surface area (Å²) in [7, 11) is 3.15. The molecule has 0 aliphatic carbocycles. The second kappa shape index (κ2) is 6.70. The normalized spacial score (nSPS) is 14.9. The molecule has 8 heteroatoms. The molecular formula is C19H23N5O3. The lowest BCUT2D eigenvalue weighted by molar-refractivity contribution is 0.121. The van der Waals surface area contributed by atoms with Gasteiger partial charge in [0.2, 0.25) is 5.95 Å². The zero-order valence-electron chi connectivity index (χ0n) is 15.8. The van der Waals surface area contributed by atoms with Crippen molar-refractivity contribution in [1.82, 2.24) is 18.7 Å². The van der Waals surface area contributed by atoms with Crippen LogP contribution in [0.5, 0.6) is 0 Å². The van der Waals surface area contributed by atoms with Gasteiger partial charge in [-0.15, -0.1) is 0 Å². The Bertz CT molecular complexity index is 1120. The summed E-state index contributed by atoms with van der Waals surface area (Å²) in [6.07, 6.45) is 0. The van der Waals surface area contributed by atoms with Gasteiger partial charge in [-0.2, -0.15) is 4.98 Å². The summed E-state index contributed by atoms with van der Waals surface area (Å²) in [6, 6.07) is 8.18. The van der Waals surface area contributed by atoms with Gasteiger partial charge in [-0.25, -0.2) is 4.79 Å². The van der Waals surface area contributed by atoms with Gasteiger partial charge in [-0.05, 0) is 12.5 Å². The molecule has 0 radical (unpaired) electrons. The fourth-order valence-electron chi connectivity index (χ4n) is 3.58. The maximum atomic E-state index is 12.9. The lowest BCUT2D eigenvalue weighted by atomic mass is 10.1. The molecule has 2 aromatic heterocycles. The fraction of sp³-hybridized carbons (Fsp3) is 0.421. The SMILES string of the molecule is Cc1cccc(Cn2c(N3CCOCC3)nc3c2c(=O)n(C)c(=O)n3C)c1. The number of hydrogen-bond acceptors (Lipinski definition) is 5. The zero-order valence-corrected chi connectivity index (χ0v) is 15.8. The predicted octanol–water partition coefficient (Wildman–Crippen LogP) is 0.627. The van der Waals surface area contributed by atoms with Crippen LogP contribution in [0.25, 0.3) is 11.2 Å². The van der Waals surface area contributed by atoms with Gasteiger partial charge in [-0.3, -0.25) is 18.5 Å². The number of hydrogen-bond donors (Lipinski definition) is 0. The Balaban J connectivity index is 1.97. The van der Waals surface area contributed by atoms with E-state index in [-0.39, 0.29) is 11.2 Å². The smallest absolute Gasteiger partial charge is 0.332 e. The van der Waals surface area contributed by atoms with Gasteiger partial charge in [0.1, 0.15) is 0 Å². The average molecular weight is 369 g/mol. The second-order valence-electron chi connectivity index (χ2n) is 6.96. The van der Waals surface area contributed by atoms with Crippen molar-refractivity contribution < 1.29 is 4.74 Å². The standard InChI is InChI=1S/C19H23N5O3/c1-13-5-4-6-14(11-13)12-24-15-16(21(2)19(26)22(3)17(15)25)20-18(24)23-7-9-27-10-8-23/h4-6,11H,7-10,12H2,1-3H3. The minimum Gasteiger partial charge on any atom is -0.378 e. The number of fused-ring (bicyclic) bond motifs is 1. The van der Waals surface area contributed by atoms with Gasteiger partial charge in [0.25, 0.3) is 5.56 Å². The van der Waals surface area contributed by atoms with Crippen molar-refractivity contribution in [3.05, 3.63) is 56.2 Å². The lowest BCUT2D eigenvalue weighted by Gasteiger charge is -2.28. The molecule has 0 atom stereocenters. The summed E-state index contributed by atoms with van der Waals surface area (Å²) in [5.41, 5.74) is 2.40. The van der Waals surface area contributed by atoms with Crippen LogP contribution in [-0.4, -0.2) is 45.0 Å². The Kier molecular flexibility index (Phi) is 4.35. The van der Waals surface area contributed by atoms with Crippen LogP contribution in [0, 0.1) is 6.92 Å². The number of morpholine rings is 1. The minimum atomic E-state index is -0.374. The van der Waals surface area contributed by atoms with Crippen molar-refractivity contribution in [2.24, 2.45) is 14.1 Å².